The summed E-state index contributed by atoms with van der Waals surface area (Å²) in [5.41, 5.74) is 0.714. The Balaban J connectivity index is 2.23. The molecule has 1 aliphatic heterocycles. The van der Waals surface area contributed by atoms with E-state index >= 15 is 0 Å². The smallest absolute Gasteiger partial charge is 0.244 e. The van der Waals surface area contributed by atoms with E-state index < -0.39 is 10.0 Å². The zero-order valence-electron chi connectivity index (χ0n) is 12.2. The summed E-state index contributed by atoms with van der Waals surface area (Å²) in [6.07, 6.45) is 2.15. The molecular formula is C13H22N2O3S2. The van der Waals surface area contributed by atoms with E-state index in [1.165, 1.54) is 15.6 Å². The maximum absolute atomic E-state index is 12.7. The molecule has 1 unspecified atom stereocenters. The number of rotatable bonds is 5. The van der Waals surface area contributed by atoms with Gasteiger partial charge in [-0.1, -0.05) is 0 Å². The molecule has 7 heteroatoms. The van der Waals surface area contributed by atoms with Crippen molar-refractivity contribution in [1.29, 1.82) is 0 Å². The van der Waals surface area contributed by atoms with Crippen molar-refractivity contribution in [2.45, 2.75) is 37.3 Å². The summed E-state index contributed by atoms with van der Waals surface area (Å²) < 4.78 is 26.8. The van der Waals surface area contributed by atoms with Gasteiger partial charge in [0, 0.05) is 19.6 Å². The summed E-state index contributed by atoms with van der Waals surface area (Å²) >= 11 is 1.30. The highest BCUT2D eigenvalue weighted by atomic mass is 32.2. The number of nitrogens with zero attached hydrogens (tertiary/aromatic N) is 2. The lowest BCUT2D eigenvalue weighted by Crippen LogP contribution is -2.39. The third kappa shape index (κ3) is 2.92. The molecule has 0 bridgehead atoms. The minimum atomic E-state index is -3.52. The van der Waals surface area contributed by atoms with Crippen molar-refractivity contribution in [3.8, 4) is 0 Å². The molecule has 1 fully saturated rings. The fourth-order valence-corrected chi connectivity index (χ4v) is 5.52. The largest absolute Gasteiger partial charge is 0.391 e. The van der Waals surface area contributed by atoms with Gasteiger partial charge in [-0.3, -0.25) is 0 Å². The topological polar surface area (TPSA) is 60.9 Å². The van der Waals surface area contributed by atoms with Crippen LogP contribution < -0.4 is 0 Å². The van der Waals surface area contributed by atoms with E-state index in [4.69, 9.17) is 0 Å². The molecule has 20 heavy (non-hydrogen) atoms. The van der Waals surface area contributed by atoms with Crippen LogP contribution in [0.15, 0.2) is 10.3 Å². The molecule has 0 amide bonds. The molecule has 114 valence electrons. The Morgan fingerprint density at radius 2 is 2.25 bits per heavy atom. The molecule has 1 atom stereocenters. The standard InChI is InChI=1S/C13H22N2O3S2/c1-10-9-19-12(8-16)13(10)20(17,18)15(3)7-11-5-4-6-14(11)2/h9,11,16H,4-8H2,1-3H3. The Morgan fingerprint density at radius 3 is 2.80 bits per heavy atom. The molecule has 1 N–H and O–H groups in total. The monoisotopic (exact) mass is 318 g/mol. The maximum atomic E-state index is 12.7. The lowest BCUT2D eigenvalue weighted by Gasteiger charge is -2.25. The SMILES string of the molecule is Cc1csc(CO)c1S(=O)(=O)N(C)CC1CCCN1C. The number of thiophene rings is 1. The summed E-state index contributed by atoms with van der Waals surface area (Å²) in [6, 6.07) is 0.284. The van der Waals surface area contributed by atoms with Crippen molar-refractivity contribution >= 4 is 21.4 Å². The summed E-state index contributed by atoms with van der Waals surface area (Å²) in [6.45, 7) is 3.07. The van der Waals surface area contributed by atoms with Crippen molar-refractivity contribution in [3.05, 3.63) is 15.8 Å². The predicted octanol–water partition coefficient (Wildman–Crippen LogP) is 1.26. The van der Waals surface area contributed by atoms with Gasteiger partial charge in [-0.15, -0.1) is 11.3 Å². The molecule has 0 aliphatic carbocycles. The Kier molecular flexibility index (Phi) is 4.86. The molecule has 0 saturated carbocycles. The number of aliphatic hydroxyl groups excluding tert-OH is 1. The van der Waals surface area contributed by atoms with Crippen LogP contribution in [-0.4, -0.2) is 56.0 Å². The highest BCUT2D eigenvalue weighted by Crippen LogP contribution is 2.29. The van der Waals surface area contributed by atoms with Crippen molar-refractivity contribution in [1.82, 2.24) is 9.21 Å². The minimum Gasteiger partial charge on any atom is -0.391 e. The molecule has 1 saturated heterocycles. The number of likely N-dealkylation sites (tertiary alicyclic amines) is 1. The molecule has 0 radical (unpaired) electrons. The lowest BCUT2D eigenvalue weighted by molar-refractivity contribution is 0.269. The number of aliphatic hydroxyl groups is 1. The van der Waals surface area contributed by atoms with Crippen LogP contribution in [0.25, 0.3) is 0 Å². The molecule has 5 nitrogen and oxygen atoms in total. The Hall–Kier alpha value is -0.470. The number of aryl methyl sites for hydroxylation is 1. The number of sulfonamides is 1. The molecule has 2 heterocycles. The molecule has 2 rings (SSSR count). The maximum Gasteiger partial charge on any atom is 0.244 e. The second-order valence-electron chi connectivity index (χ2n) is 5.39. The number of hydrogen-bond donors (Lipinski definition) is 1. The fourth-order valence-electron chi connectivity index (χ4n) is 2.70. The molecule has 1 aliphatic rings. The summed E-state index contributed by atoms with van der Waals surface area (Å²) in [4.78, 5) is 3.02. The van der Waals surface area contributed by atoms with Gasteiger partial charge in [0.15, 0.2) is 0 Å². The Bertz CT molecular complexity index is 568. The first-order valence-electron chi connectivity index (χ1n) is 6.72. The second-order valence-corrected chi connectivity index (χ2v) is 8.34. The third-order valence-electron chi connectivity index (χ3n) is 3.94. The van der Waals surface area contributed by atoms with E-state index in [2.05, 4.69) is 4.90 Å². The zero-order valence-corrected chi connectivity index (χ0v) is 13.8. The second kappa shape index (κ2) is 6.11. The van der Waals surface area contributed by atoms with Crippen LogP contribution >= 0.6 is 11.3 Å². The van der Waals surface area contributed by atoms with Gasteiger partial charge in [-0.25, -0.2) is 8.42 Å². The van der Waals surface area contributed by atoms with E-state index in [1.54, 1.807) is 19.4 Å². The van der Waals surface area contributed by atoms with Crippen LogP contribution in [0.2, 0.25) is 0 Å². The van der Waals surface area contributed by atoms with Gasteiger partial charge in [-0.2, -0.15) is 4.31 Å². The van der Waals surface area contributed by atoms with Crippen LogP contribution in [0.4, 0.5) is 0 Å². The Morgan fingerprint density at radius 1 is 1.55 bits per heavy atom. The molecular weight excluding hydrogens is 296 g/mol. The van der Waals surface area contributed by atoms with Gasteiger partial charge in [-0.05, 0) is 44.3 Å². The number of hydrogen-bond acceptors (Lipinski definition) is 5. The third-order valence-corrected chi connectivity index (χ3v) is 7.21. The first kappa shape index (κ1) is 15.9. The van der Waals surface area contributed by atoms with Gasteiger partial charge < -0.3 is 10.0 Å². The van der Waals surface area contributed by atoms with Crippen molar-refractivity contribution in [2.75, 3.05) is 27.2 Å². The summed E-state index contributed by atoms with van der Waals surface area (Å²) in [5, 5.41) is 11.1. The van der Waals surface area contributed by atoms with E-state index in [0.717, 1.165) is 19.4 Å². The Labute approximate surface area is 124 Å². The minimum absolute atomic E-state index is 0.232. The van der Waals surface area contributed by atoms with Crippen LogP contribution in [0.1, 0.15) is 23.3 Å². The number of likely N-dealkylation sites (N-methyl/N-ethyl adjacent to an activating group) is 2. The van der Waals surface area contributed by atoms with Gasteiger partial charge in [0.2, 0.25) is 10.0 Å². The van der Waals surface area contributed by atoms with Crippen molar-refractivity contribution in [3.63, 3.8) is 0 Å². The average Bonchev–Trinajstić information content (AvgIpc) is 2.96. The van der Waals surface area contributed by atoms with Crippen molar-refractivity contribution < 1.29 is 13.5 Å². The van der Waals surface area contributed by atoms with Crippen LogP contribution in [0.5, 0.6) is 0 Å². The van der Waals surface area contributed by atoms with Crippen molar-refractivity contribution in [2.24, 2.45) is 0 Å². The summed E-state index contributed by atoms with van der Waals surface area (Å²) in [5.74, 6) is 0. The van der Waals surface area contributed by atoms with Gasteiger partial charge >= 0.3 is 0 Å². The fraction of sp³-hybridized carbons (Fsp3) is 0.692. The molecule has 1 aromatic heterocycles. The molecule has 0 aromatic carbocycles. The highest BCUT2D eigenvalue weighted by molar-refractivity contribution is 7.89. The van der Waals surface area contributed by atoms with E-state index in [9.17, 15) is 13.5 Å². The molecule has 1 aromatic rings. The van der Waals surface area contributed by atoms with E-state index in [-0.39, 0.29) is 17.5 Å². The first-order valence-corrected chi connectivity index (χ1v) is 9.04. The zero-order chi connectivity index (χ0) is 14.9. The van der Waals surface area contributed by atoms with Crippen LogP contribution in [-0.2, 0) is 16.6 Å². The molecule has 0 spiro atoms. The van der Waals surface area contributed by atoms with Gasteiger partial charge in [0.25, 0.3) is 0 Å². The van der Waals surface area contributed by atoms with E-state index in [1.807, 2.05) is 7.05 Å². The van der Waals surface area contributed by atoms with E-state index in [0.29, 0.717) is 17.0 Å². The van der Waals surface area contributed by atoms with Gasteiger partial charge in [0.1, 0.15) is 4.90 Å². The van der Waals surface area contributed by atoms with Crippen LogP contribution in [0.3, 0.4) is 0 Å². The normalized spacial score (nSPS) is 20.9. The first-order chi connectivity index (χ1) is 9.37. The van der Waals surface area contributed by atoms with Crippen LogP contribution in [0, 0.1) is 6.92 Å². The summed E-state index contributed by atoms with van der Waals surface area (Å²) in [7, 11) is 0.137. The highest BCUT2D eigenvalue weighted by Gasteiger charge is 2.31. The quantitative estimate of drug-likeness (QED) is 0.888. The lowest BCUT2D eigenvalue weighted by atomic mass is 10.2. The van der Waals surface area contributed by atoms with Gasteiger partial charge in [0.05, 0.1) is 11.5 Å². The predicted molar refractivity (Wildman–Crippen MR) is 80.4 cm³/mol. The average molecular weight is 318 g/mol.